The van der Waals surface area contributed by atoms with E-state index in [-0.39, 0.29) is 11.8 Å². The number of carbonyl (C=O) groups is 2. The molecule has 1 N–H and O–H groups in total. The lowest BCUT2D eigenvalue weighted by molar-refractivity contribution is -0.146. The monoisotopic (exact) mass is 323 g/mol. The van der Waals surface area contributed by atoms with E-state index >= 15 is 0 Å². The highest BCUT2D eigenvalue weighted by Gasteiger charge is 2.25. The number of amides is 1. The van der Waals surface area contributed by atoms with Crippen LogP contribution in [0.1, 0.15) is 27.2 Å². The maximum absolute atomic E-state index is 12.2. The molecule has 6 nitrogen and oxygen atoms in total. The fraction of sp³-hybridized carbons (Fsp3) is 0.529. The van der Waals surface area contributed by atoms with Gasteiger partial charge in [-0.15, -0.1) is 0 Å². The average Bonchev–Trinajstić information content (AvgIpc) is 2.53. The summed E-state index contributed by atoms with van der Waals surface area (Å²) in [6.45, 7) is 5.57. The predicted octanol–water partition coefficient (Wildman–Crippen LogP) is 2.17. The van der Waals surface area contributed by atoms with E-state index in [0.717, 1.165) is 0 Å². The van der Waals surface area contributed by atoms with Crippen molar-refractivity contribution in [3.8, 4) is 11.5 Å². The summed E-state index contributed by atoms with van der Waals surface area (Å²) < 4.78 is 15.4. The van der Waals surface area contributed by atoms with Crippen molar-refractivity contribution in [1.29, 1.82) is 0 Å². The first kappa shape index (κ1) is 18.8. The van der Waals surface area contributed by atoms with Gasteiger partial charge < -0.3 is 19.5 Å². The van der Waals surface area contributed by atoms with Crippen molar-refractivity contribution in [3.63, 3.8) is 0 Å². The lowest BCUT2D eigenvalue weighted by Gasteiger charge is -2.21. The van der Waals surface area contributed by atoms with Crippen LogP contribution < -0.4 is 14.8 Å². The van der Waals surface area contributed by atoms with Crippen molar-refractivity contribution in [3.05, 3.63) is 24.3 Å². The molecule has 0 spiro atoms. The second-order valence-corrected chi connectivity index (χ2v) is 5.65. The predicted molar refractivity (Wildman–Crippen MR) is 86.5 cm³/mol. The van der Waals surface area contributed by atoms with Crippen LogP contribution in [0.15, 0.2) is 24.3 Å². The van der Waals surface area contributed by atoms with Crippen LogP contribution in [0.25, 0.3) is 0 Å². The molecule has 2 atom stereocenters. The number of benzene rings is 1. The second-order valence-electron chi connectivity index (χ2n) is 5.65. The Balaban J connectivity index is 2.64. The molecule has 23 heavy (non-hydrogen) atoms. The smallest absolute Gasteiger partial charge is 0.328 e. The largest absolute Gasteiger partial charge is 0.497 e. The molecule has 0 aliphatic rings. The van der Waals surface area contributed by atoms with Crippen LogP contribution in [0.3, 0.4) is 0 Å². The first-order chi connectivity index (χ1) is 10.9. The topological polar surface area (TPSA) is 73.9 Å². The molecule has 0 aliphatic carbocycles. The van der Waals surface area contributed by atoms with Gasteiger partial charge in [-0.25, -0.2) is 4.79 Å². The molecule has 0 fully saturated rings. The number of nitrogens with one attached hydrogen (secondary N) is 1. The molecule has 0 aromatic heterocycles. The number of hydrogen-bond donors (Lipinski definition) is 1. The van der Waals surface area contributed by atoms with Crippen molar-refractivity contribution in [2.45, 2.75) is 39.3 Å². The van der Waals surface area contributed by atoms with Gasteiger partial charge in [-0.2, -0.15) is 0 Å². The maximum Gasteiger partial charge on any atom is 0.328 e. The van der Waals surface area contributed by atoms with Gasteiger partial charge in [0.1, 0.15) is 17.5 Å². The SMILES string of the molecule is COC(=O)[C@H](CC(C)C)NC(=O)[C@@H](C)Oc1ccc(OC)cc1. The van der Waals surface area contributed by atoms with Gasteiger partial charge in [0.2, 0.25) is 0 Å². The molecule has 6 heteroatoms. The molecule has 0 bridgehead atoms. The van der Waals surface area contributed by atoms with Gasteiger partial charge in [0.05, 0.1) is 14.2 Å². The van der Waals surface area contributed by atoms with Crippen molar-refractivity contribution >= 4 is 11.9 Å². The summed E-state index contributed by atoms with van der Waals surface area (Å²) in [5, 5.41) is 2.68. The van der Waals surface area contributed by atoms with Gasteiger partial charge in [0, 0.05) is 0 Å². The molecule has 128 valence electrons. The van der Waals surface area contributed by atoms with Gasteiger partial charge in [-0.05, 0) is 43.5 Å². The van der Waals surface area contributed by atoms with Gasteiger partial charge >= 0.3 is 5.97 Å². The zero-order chi connectivity index (χ0) is 17.4. The first-order valence-electron chi connectivity index (χ1n) is 7.56. The van der Waals surface area contributed by atoms with Gasteiger partial charge in [-0.1, -0.05) is 13.8 Å². The second kappa shape index (κ2) is 9.02. The number of hydrogen-bond acceptors (Lipinski definition) is 5. The Morgan fingerprint density at radius 2 is 1.61 bits per heavy atom. The molecule has 0 saturated carbocycles. The van der Waals surface area contributed by atoms with E-state index in [1.54, 1.807) is 38.3 Å². The molecule has 0 saturated heterocycles. The Morgan fingerprint density at radius 3 is 2.09 bits per heavy atom. The molecular formula is C17H25NO5. The van der Waals surface area contributed by atoms with Crippen molar-refractivity contribution in [1.82, 2.24) is 5.32 Å². The van der Waals surface area contributed by atoms with Crippen LogP contribution in [0.5, 0.6) is 11.5 Å². The number of methoxy groups -OCH3 is 2. The summed E-state index contributed by atoms with van der Waals surface area (Å²) in [4.78, 5) is 24.0. The zero-order valence-electron chi connectivity index (χ0n) is 14.3. The van der Waals surface area contributed by atoms with Crippen LogP contribution >= 0.6 is 0 Å². The van der Waals surface area contributed by atoms with E-state index in [1.807, 2.05) is 13.8 Å². The maximum atomic E-state index is 12.2. The summed E-state index contributed by atoms with van der Waals surface area (Å²) >= 11 is 0. The summed E-state index contributed by atoms with van der Waals surface area (Å²) in [5.41, 5.74) is 0. The quantitative estimate of drug-likeness (QED) is 0.742. The summed E-state index contributed by atoms with van der Waals surface area (Å²) in [6, 6.07) is 6.25. The Kier molecular flexibility index (Phi) is 7.38. The van der Waals surface area contributed by atoms with Gasteiger partial charge in [0.25, 0.3) is 5.91 Å². The van der Waals surface area contributed by atoms with E-state index in [2.05, 4.69) is 5.32 Å². The van der Waals surface area contributed by atoms with Crippen molar-refractivity contribution < 1.29 is 23.8 Å². The number of carbonyl (C=O) groups excluding carboxylic acids is 2. The molecule has 1 rings (SSSR count). The van der Waals surface area contributed by atoms with Gasteiger partial charge in [-0.3, -0.25) is 4.79 Å². The highest BCUT2D eigenvalue weighted by molar-refractivity contribution is 5.86. The fourth-order valence-corrected chi connectivity index (χ4v) is 2.03. The average molecular weight is 323 g/mol. The Hall–Kier alpha value is -2.24. The lowest BCUT2D eigenvalue weighted by Crippen LogP contribution is -2.47. The minimum absolute atomic E-state index is 0.247. The summed E-state index contributed by atoms with van der Waals surface area (Å²) in [7, 11) is 2.88. The Bertz CT molecular complexity index is 512. The lowest BCUT2D eigenvalue weighted by atomic mass is 10.0. The van der Waals surface area contributed by atoms with Crippen LogP contribution in [-0.4, -0.2) is 38.2 Å². The van der Waals surface area contributed by atoms with E-state index in [4.69, 9.17) is 14.2 Å². The third-order valence-electron chi connectivity index (χ3n) is 3.25. The van der Waals surface area contributed by atoms with E-state index in [1.165, 1.54) is 7.11 Å². The van der Waals surface area contributed by atoms with Gasteiger partial charge in [0.15, 0.2) is 6.10 Å². The number of rotatable bonds is 8. The van der Waals surface area contributed by atoms with Crippen LogP contribution in [0, 0.1) is 5.92 Å². The highest BCUT2D eigenvalue weighted by atomic mass is 16.5. The van der Waals surface area contributed by atoms with E-state index < -0.39 is 18.1 Å². The standard InChI is InChI=1S/C17H25NO5/c1-11(2)10-15(17(20)22-5)18-16(19)12(3)23-14-8-6-13(21-4)7-9-14/h6-9,11-12,15H,10H2,1-5H3,(H,18,19)/t12-,15+/m1/s1. The minimum atomic E-state index is -0.734. The Labute approximate surface area is 137 Å². The summed E-state index contributed by atoms with van der Waals surface area (Å²) in [6.07, 6.45) is -0.226. The fourth-order valence-electron chi connectivity index (χ4n) is 2.03. The molecule has 1 aromatic rings. The molecule has 0 heterocycles. The number of esters is 1. The van der Waals surface area contributed by atoms with Crippen LogP contribution in [0.4, 0.5) is 0 Å². The van der Waals surface area contributed by atoms with E-state index in [9.17, 15) is 9.59 Å². The highest BCUT2D eigenvalue weighted by Crippen LogP contribution is 2.18. The first-order valence-corrected chi connectivity index (χ1v) is 7.56. The molecule has 1 amide bonds. The normalized spacial score (nSPS) is 13.1. The molecule has 0 unspecified atom stereocenters. The molecular weight excluding hydrogens is 298 g/mol. The van der Waals surface area contributed by atoms with Crippen molar-refractivity contribution in [2.75, 3.05) is 14.2 Å². The zero-order valence-corrected chi connectivity index (χ0v) is 14.3. The molecule has 0 radical (unpaired) electrons. The van der Waals surface area contributed by atoms with Crippen LogP contribution in [-0.2, 0) is 14.3 Å². The van der Waals surface area contributed by atoms with Crippen molar-refractivity contribution in [2.24, 2.45) is 5.92 Å². The minimum Gasteiger partial charge on any atom is -0.497 e. The third kappa shape index (κ3) is 6.18. The van der Waals surface area contributed by atoms with E-state index in [0.29, 0.717) is 17.9 Å². The third-order valence-corrected chi connectivity index (χ3v) is 3.25. The van der Waals surface area contributed by atoms with Crippen LogP contribution in [0.2, 0.25) is 0 Å². The summed E-state index contributed by atoms with van der Waals surface area (Å²) in [5.74, 6) is 0.682. The molecule has 1 aromatic carbocycles. The molecule has 0 aliphatic heterocycles. The Morgan fingerprint density at radius 1 is 1.04 bits per heavy atom. The number of ether oxygens (including phenoxy) is 3.